The third-order valence-electron chi connectivity index (χ3n) is 2.58. The van der Waals surface area contributed by atoms with E-state index in [2.05, 4.69) is 10.6 Å². The molecule has 2 aromatic rings. The first-order valence-corrected chi connectivity index (χ1v) is 7.14. The maximum atomic E-state index is 13.1. The molecule has 7 heteroatoms. The number of carbonyl (C=O) groups excluding carboxylic acids is 2. The third kappa shape index (κ3) is 3.08. The van der Waals surface area contributed by atoms with Crippen LogP contribution >= 0.6 is 22.9 Å². The summed E-state index contributed by atoms with van der Waals surface area (Å²) in [5, 5.41) is 5.95. The summed E-state index contributed by atoms with van der Waals surface area (Å²) in [4.78, 5) is 23.5. The number of halogens is 2. The predicted octanol–water partition coefficient (Wildman–Crippen LogP) is 2.56. The molecule has 0 atom stereocenters. The molecule has 0 spiro atoms. The molecule has 0 aliphatic carbocycles. The van der Waals surface area contributed by atoms with E-state index in [4.69, 9.17) is 11.6 Å². The number of carbonyl (C=O) groups is 2. The van der Waals surface area contributed by atoms with Crippen molar-refractivity contribution in [2.45, 2.75) is 6.92 Å². The van der Waals surface area contributed by atoms with Gasteiger partial charge in [-0.15, -0.1) is 11.3 Å². The molecule has 1 aromatic heterocycles. The Hall–Kier alpha value is -1.66. The molecule has 0 aliphatic heterocycles. The van der Waals surface area contributed by atoms with Crippen molar-refractivity contribution in [3.05, 3.63) is 33.9 Å². The summed E-state index contributed by atoms with van der Waals surface area (Å²) in [6.45, 7) is 2.17. The van der Waals surface area contributed by atoms with Crippen LogP contribution in [-0.4, -0.2) is 24.9 Å². The topological polar surface area (TPSA) is 58.2 Å². The highest BCUT2D eigenvalue weighted by atomic mass is 35.5. The van der Waals surface area contributed by atoms with Gasteiger partial charge in [-0.05, 0) is 25.1 Å². The Morgan fingerprint density at radius 1 is 1.35 bits per heavy atom. The maximum Gasteiger partial charge on any atom is 0.263 e. The molecule has 2 rings (SSSR count). The zero-order chi connectivity index (χ0) is 14.7. The minimum absolute atomic E-state index is 0.119. The largest absolute Gasteiger partial charge is 0.355 e. The number of rotatable bonds is 4. The Morgan fingerprint density at radius 3 is 2.80 bits per heavy atom. The van der Waals surface area contributed by atoms with Crippen molar-refractivity contribution in [1.82, 2.24) is 10.6 Å². The highest BCUT2D eigenvalue weighted by Gasteiger charge is 2.17. The van der Waals surface area contributed by atoms with E-state index >= 15 is 0 Å². The van der Waals surface area contributed by atoms with Gasteiger partial charge in [0, 0.05) is 16.6 Å². The van der Waals surface area contributed by atoms with Crippen molar-refractivity contribution in [2.75, 3.05) is 13.1 Å². The molecule has 0 fully saturated rings. The molecule has 0 bridgehead atoms. The average Bonchev–Trinajstić information content (AvgIpc) is 2.73. The van der Waals surface area contributed by atoms with Gasteiger partial charge in [0.15, 0.2) is 0 Å². The lowest BCUT2D eigenvalue weighted by atomic mass is 10.2. The number of nitrogens with one attached hydrogen (secondary N) is 2. The van der Waals surface area contributed by atoms with Crippen LogP contribution in [0.3, 0.4) is 0 Å². The molecule has 0 saturated heterocycles. The summed E-state index contributed by atoms with van der Waals surface area (Å²) < 4.78 is 13.7. The summed E-state index contributed by atoms with van der Waals surface area (Å²) >= 11 is 7.20. The second-order valence-corrected chi connectivity index (χ2v) is 5.45. The maximum absolute atomic E-state index is 13.1. The Kier molecular flexibility index (Phi) is 4.57. The van der Waals surface area contributed by atoms with Gasteiger partial charge in [0.2, 0.25) is 5.91 Å². The number of fused-ring (bicyclic) bond motifs is 1. The van der Waals surface area contributed by atoms with Gasteiger partial charge < -0.3 is 10.6 Å². The number of hydrogen-bond donors (Lipinski definition) is 2. The Morgan fingerprint density at radius 2 is 2.10 bits per heavy atom. The van der Waals surface area contributed by atoms with Crippen LogP contribution in [0.5, 0.6) is 0 Å². The van der Waals surface area contributed by atoms with Crippen LogP contribution < -0.4 is 10.6 Å². The van der Waals surface area contributed by atoms with Crippen molar-refractivity contribution in [1.29, 1.82) is 0 Å². The van der Waals surface area contributed by atoms with E-state index in [0.29, 0.717) is 16.6 Å². The number of thiophene rings is 1. The molecule has 2 N–H and O–H groups in total. The molecule has 0 unspecified atom stereocenters. The van der Waals surface area contributed by atoms with Gasteiger partial charge >= 0.3 is 0 Å². The van der Waals surface area contributed by atoms with Crippen LogP contribution in [0.2, 0.25) is 5.02 Å². The van der Waals surface area contributed by atoms with E-state index in [9.17, 15) is 14.0 Å². The summed E-state index contributed by atoms with van der Waals surface area (Å²) in [7, 11) is 0. The van der Waals surface area contributed by atoms with Crippen LogP contribution in [0.15, 0.2) is 18.2 Å². The van der Waals surface area contributed by atoms with Gasteiger partial charge in [0.25, 0.3) is 5.91 Å². The quantitative estimate of drug-likeness (QED) is 0.911. The zero-order valence-electron chi connectivity index (χ0n) is 10.6. The highest BCUT2D eigenvalue weighted by molar-refractivity contribution is 7.21. The molecule has 2 amide bonds. The van der Waals surface area contributed by atoms with Gasteiger partial charge in [0.1, 0.15) is 10.7 Å². The van der Waals surface area contributed by atoms with E-state index < -0.39 is 5.91 Å². The second-order valence-electron chi connectivity index (χ2n) is 4.02. The molecule has 0 radical (unpaired) electrons. The number of likely N-dealkylation sites (N-methyl/N-ethyl adjacent to an activating group) is 1. The highest BCUT2D eigenvalue weighted by Crippen LogP contribution is 2.35. The SMILES string of the molecule is CCNC(=O)CNC(=O)c1sc2cc(F)ccc2c1Cl. The summed E-state index contributed by atoms with van der Waals surface area (Å²) in [6.07, 6.45) is 0. The lowest BCUT2D eigenvalue weighted by Crippen LogP contribution is -2.36. The minimum atomic E-state index is -0.442. The number of amides is 2. The third-order valence-corrected chi connectivity index (χ3v) is 4.24. The van der Waals surface area contributed by atoms with Gasteiger partial charge in [0.05, 0.1) is 11.6 Å². The first kappa shape index (κ1) is 14.7. The second kappa shape index (κ2) is 6.19. The van der Waals surface area contributed by atoms with Gasteiger partial charge in [-0.25, -0.2) is 4.39 Å². The molecular formula is C13H12ClFN2O2S. The van der Waals surface area contributed by atoms with Gasteiger partial charge in [-0.2, -0.15) is 0 Å². The molecule has 1 aromatic carbocycles. The van der Waals surface area contributed by atoms with E-state index in [1.165, 1.54) is 18.2 Å². The van der Waals surface area contributed by atoms with E-state index in [1.807, 2.05) is 0 Å². The van der Waals surface area contributed by atoms with Crippen LogP contribution in [0.4, 0.5) is 4.39 Å². The first-order valence-electron chi connectivity index (χ1n) is 5.95. The lowest BCUT2D eigenvalue weighted by Gasteiger charge is -2.03. The van der Waals surface area contributed by atoms with Crippen molar-refractivity contribution in [2.24, 2.45) is 0 Å². The van der Waals surface area contributed by atoms with Crippen LogP contribution in [-0.2, 0) is 4.79 Å². The summed E-state index contributed by atoms with van der Waals surface area (Å²) in [6, 6.07) is 4.15. The lowest BCUT2D eigenvalue weighted by molar-refractivity contribution is -0.120. The molecular weight excluding hydrogens is 303 g/mol. The number of hydrogen-bond acceptors (Lipinski definition) is 3. The van der Waals surface area contributed by atoms with E-state index in [-0.39, 0.29) is 28.2 Å². The van der Waals surface area contributed by atoms with Crippen molar-refractivity contribution < 1.29 is 14.0 Å². The fraction of sp³-hybridized carbons (Fsp3) is 0.231. The fourth-order valence-corrected chi connectivity index (χ4v) is 3.14. The normalized spacial score (nSPS) is 10.6. The standard InChI is InChI=1S/C13H12ClFN2O2S/c1-2-16-10(18)6-17-13(19)12-11(14)8-4-3-7(15)5-9(8)20-12/h3-5H,2,6H2,1H3,(H,16,18)(H,17,19). The fourth-order valence-electron chi connectivity index (χ4n) is 1.69. The molecule has 0 aliphatic rings. The monoisotopic (exact) mass is 314 g/mol. The summed E-state index contributed by atoms with van der Waals surface area (Å²) in [5.74, 6) is -1.10. The smallest absolute Gasteiger partial charge is 0.263 e. The molecule has 1 heterocycles. The van der Waals surface area contributed by atoms with Crippen molar-refractivity contribution >= 4 is 44.8 Å². The van der Waals surface area contributed by atoms with Gasteiger partial charge in [-0.3, -0.25) is 9.59 Å². The zero-order valence-corrected chi connectivity index (χ0v) is 12.2. The molecule has 106 valence electrons. The first-order chi connectivity index (χ1) is 9.52. The molecule has 0 saturated carbocycles. The van der Waals surface area contributed by atoms with Crippen LogP contribution in [0, 0.1) is 5.82 Å². The molecule has 20 heavy (non-hydrogen) atoms. The van der Waals surface area contributed by atoms with Crippen molar-refractivity contribution in [3.8, 4) is 0 Å². The Balaban J connectivity index is 2.18. The number of benzene rings is 1. The predicted molar refractivity (Wildman–Crippen MR) is 77.8 cm³/mol. The van der Waals surface area contributed by atoms with E-state index in [0.717, 1.165) is 11.3 Å². The Labute approximate surface area is 123 Å². The summed E-state index contributed by atoms with van der Waals surface area (Å²) in [5.41, 5.74) is 0. The van der Waals surface area contributed by atoms with Crippen molar-refractivity contribution in [3.63, 3.8) is 0 Å². The van der Waals surface area contributed by atoms with Gasteiger partial charge in [-0.1, -0.05) is 11.6 Å². The van der Waals surface area contributed by atoms with Crippen LogP contribution in [0.25, 0.3) is 10.1 Å². The minimum Gasteiger partial charge on any atom is -0.355 e. The Bertz CT molecular complexity index is 672. The molecule has 4 nitrogen and oxygen atoms in total. The average molecular weight is 315 g/mol. The van der Waals surface area contributed by atoms with E-state index in [1.54, 1.807) is 6.92 Å². The van der Waals surface area contributed by atoms with Crippen LogP contribution in [0.1, 0.15) is 16.6 Å².